The lowest BCUT2D eigenvalue weighted by Gasteiger charge is -2.09. The van der Waals surface area contributed by atoms with Gasteiger partial charge in [0.25, 0.3) is 0 Å². The van der Waals surface area contributed by atoms with Gasteiger partial charge >= 0.3 is 0 Å². The molecule has 0 spiro atoms. The molecule has 0 aromatic heterocycles. The molecule has 0 aliphatic carbocycles. The number of ether oxygens (including phenoxy) is 2. The van der Waals surface area contributed by atoms with Gasteiger partial charge in [-0.15, -0.1) is 0 Å². The number of para-hydroxylation sites is 1. The molecule has 0 radical (unpaired) electrons. The molecule has 20 heavy (non-hydrogen) atoms. The Balaban J connectivity index is 1.69. The summed E-state index contributed by atoms with van der Waals surface area (Å²) in [5, 5.41) is 0.644. The molecule has 0 unspecified atom stereocenters. The van der Waals surface area contributed by atoms with Gasteiger partial charge in [0.05, 0.1) is 13.2 Å². The minimum atomic E-state index is 0.435. The van der Waals surface area contributed by atoms with Crippen molar-refractivity contribution < 1.29 is 9.47 Å². The van der Waals surface area contributed by atoms with Crippen LogP contribution < -0.4 is 15.2 Å². The number of nitrogens with two attached hydrogens (primary N) is 1. The molecule has 0 heterocycles. The Hall–Kier alpha value is -1.71. The predicted octanol–water partition coefficient (Wildman–Crippen LogP) is 3.65. The SMILES string of the molecule is NCc1ccc(OCCCOc2ccccc2)cc1Cl. The van der Waals surface area contributed by atoms with Crippen LogP contribution in [0.25, 0.3) is 0 Å². The first-order valence-electron chi connectivity index (χ1n) is 6.59. The van der Waals surface area contributed by atoms with Crippen molar-refractivity contribution in [1.29, 1.82) is 0 Å². The zero-order valence-corrected chi connectivity index (χ0v) is 12.0. The second-order valence-corrected chi connectivity index (χ2v) is 4.73. The second-order valence-electron chi connectivity index (χ2n) is 4.32. The summed E-state index contributed by atoms with van der Waals surface area (Å²) in [7, 11) is 0. The summed E-state index contributed by atoms with van der Waals surface area (Å²) < 4.78 is 11.2. The molecule has 2 aromatic rings. The molecule has 4 heteroatoms. The van der Waals surface area contributed by atoms with E-state index >= 15 is 0 Å². The van der Waals surface area contributed by atoms with Crippen molar-refractivity contribution in [3.05, 3.63) is 59.1 Å². The summed E-state index contributed by atoms with van der Waals surface area (Å²) in [5.41, 5.74) is 6.48. The summed E-state index contributed by atoms with van der Waals surface area (Å²) in [6.07, 6.45) is 0.811. The fourth-order valence-electron chi connectivity index (χ4n) is 1.74. The lowest BCUT2D eigenvalue weighted by molar-refractivity contribution is 0.247. The normalized spacial score (nSPS) is 10.3. The van der Waals surface area contributed by atoms with Crippen LogP contribution in [0.4, 0.5) is 0 Å². The average molecular weight is 292 g/mol. The zero-order chi connectivity index (χ0) is 14.2. The smallest absolute Gasteiger partial charge is 0.120 e. The Kier molecular flexibility index (Phi) is 5.71. The topological polar surface area (TPSA) is 44.5 Å². The third kappa shape index (κ3) is 4.44. The van der Waals surface area contributed by atoms with E-state index < -0.39 is 0 Å². The lowest BCUT2D eigenvalue weighted by atomic mass is 10.2. The number of halogens is 1. The average Bonchev–Trinajstić information content (AvgIpc) is 2.48. The van der Waals surface area contributed by atoms with Crippen molar-refractivity contribution in [1.82, 2.24) is 0 Å². The van der Waals surface area contributed by atoms with Gasteiger partial charge in [-0.1, -0.05) is 35.9 Å². The summed E-state index contributed by atoms with van der Waals surface area (Å²) in [5.74, 6) is 1.63. The summed E-state index contributed by atoms with van der Waals surface area (Å²) in [4.78, 5) is 0. The molecule has 2 N–H and O–H groups in total. The lowest BCUT2D eigenvalue weighted by Crippen LogP contribution is -2.05. The molecular weight excluding hydrogens is 274 g/mol. The van der Waals surface area contributed by atoms with Crippen molar-refractivity contribution in [2.75, 3.05) is 13.2 Å². The van der Waals surface area contributed by atoms with Crippen LogP contribution in [-0.4, -0.2) is 13.2 Å². The molecule has 0 bridgehead atoms. The van der Waals surface area contributed by atoms with E-state index in [1.165, 1.54) is 0 Å². The number of hydrogen-bond acceptors (Lipinski definition) is 3. The largest absolute Gasteiger partial charge is 0.493 e. The molecule has 0 aliphatic rings. The van der Waals surface area contributed by atoms with Crippen molar-refractivity contribution in [3.8, 4) is 11.5 Å². The van der Waals surface area contributed by atoms with Gasteiger partial charge in [-0.05, 0) is 29.8 Å². The van der Waals surface area contributed by atoms with E-state index in [-0.39, 0.29) is 0 Å². The first-order chi connectivity index (χ1) is 9.79. The summed E-state index contributed by atoms with van der Waals surface area (Å²) in [6, 6.07) is 15.3. The summed E-state index contributed by atoms with van der Waals surface area (Å²) >= 11 is 6.06. The first kappa shape index (κ1) is 14.7. The van der Waals surface area contributed by atoms with Crippen LogP contribution in [0.3, 0.4) is 0 Å². The maximum absolute atomic E-state index is 6.06. The van der Waals surface area contributed by atoms with Crippen LogP contribution in [0, 0.1) is 0 Å². The van der Waals surface area contributed by atoms with Gasteiger partial charge < -0.3 is 15.2 Å². The van der Waals surface area contributed by atoms with Crippen LogP contribution in [0.2, 0.25) is 5.02 Å². The predicted molar refractivity (Wildman–Crippen MR) is 81.4 cm³/mol. The maximum Gasteiger partial charge on any atom is 0.120 e. The van der Waals surface area contributed by atoms with E-state index in [4.69, 9.17) is 26.8 Å². The zero-order valence-electron chi connectivity index (χ0n) is 11.2. The standard InChI is InChI=1S/C16H18ClNO2/c17-16-11-15(8-7-13(16)12-18)20-10-4-9-19-14-5-2-1-3-6-14/h1-3,5-8,11H,4,9-10,12,18H2. The summed E-state index contributed by atoms with van der Waals surface area (Å²) in [6.45, 7) is 1.65. The second kappa shape index (κ2) is 7.78. The Bertz CT molecular complexity index is 531. The van der Waals surface area contributed by atoms with Gasteiger partial charge in [0.2, 0.25) is 0 Å². The highest BCUT2D eigenvalue weighted by Gasteiger charge is 2.01. The Morgan fingerprint density at radius 2 is 1.60 bits per heavy atom. The van der Waals surface area contributed by atoms with E-state index in [0.717, 1.165) is 23.5 Å². The highest BCUT2D eigenvalue weighted by atomic mass is 35.5. The van der Waals surface area contributed by atoms with Crippen molar-refractivity contribution in [3.63, 3.8) is 0 Å². The molecule has 0 fully saturated rings. The van der Waals surface area contributed by atoms with Crippen LogP contribution in [0.1, 0.15) is 12.0 Å². The van der Waals surface area contributed by atoms with Gasteiger partial charge in [-0.3, -0.25) is 0 Å². The molecule has 0 saturated heterocycles. The fraction of sp³-hybridized carbons (Fsp3) is 0.250. The molecule has 106 valence electrons. The molecule has 3 nitrogen and oxygen atoms in total. The third-order valence-electron chi connectivity index (χ3n) is 2.81. The highest BCUT2D eigenvalue weighted by Crippen LogP contribution is 2.22. The third-order valence-corrected chi connectivity index (χ3v) is 3.17. The van der Waals surface area contributed by atoms with E-state index in [0.29, 0.717) is 24.8 Å². The van der Waals surface area contributed by atoms with Gasteiger partial charge in [0, 0.05) is 18.0 Å². The minimum absolute atomic E-state index is 0.435. The van der Waals surface area contributed by atoms with Crippen LogP contribution in [0.15, 0.2) is 48.5 Å². The van der Waals surface area contributed by atoms with E-state index in [2.05, 4.69) is 0 Å². The molecule has 0 amide bonds. The van der Waals surface area contributed by atoms with Crippen LogP contribution >= 0.6 is 11.6 Å². The highest BCUT2D eigenvalue weighted by molar-refractivity contribution is 6.31. The molecule has 0 saturated carbocycles. The first-order valence-corrected chi connectivity index (χ1v) is 6.96. The van der Waals surface area contributed by atoms with Gasteiger partial charge in [-0.2, -0.15) is 0 Å². The van der Waals surface area contributed by atoms with Crippen LogP contribution in [-0.2, 0) is 6.54 Å². The molecule has 0 aliphatic heterocycles. The van der Waals surface area contributed by atoms with Gasteiger partial charge in [-0.25, -0.2) is 0 Å². The maximum atomic E-state index is 6.06. The van der Waals surface area contributed by atoms with Gasteiger partial charge in [0.15, 0.2) is 0 Å². The quantitative estimate of drug-likeness (QED) is 0.792. The molecule has 0 atom stereocenters. The van der Waals surface area contributed by atoms with Crippen molar-refractivity contribution in [2.24, 2.45) is 5.73 Å². The minimum Gasteiger partial charge on any atom is -0.493 e. The fourth-order valence-corrected chi connectivity index (χ4v) is 1.99. The molecule has 2 rings (SSSR count). The number of rotatable bonds is 7. The Morgan fingerprint density at radius 1 is 0.900 bits per heavy atom. The van der Waals surface area contributed by atoms with E-state index in [1.807, 2.05) is 42.5 Å². The monoisotopic (exact) mass is 291 g/mol. The van der Waals surface area contributed by atoms with Crippen molar-refractivity contribution >= 4 is 11.6 Å². The Morgan fingerprint density at radius 3 is 2.25 bits per heavy atom. The van der Waals surface area contributed by atoms with E-state index in [1.54, 1.807) is 6.07 Å². The molecule has 2 aromatic carbocycles. The number of benzene rings is 2. The van der Waals surface area contributed by atoms with Gasteiger partial charge in [0.1, 0.15) is 11.5 Å². The Labute approximate surface area is 124 Å². The molecular formula is C16H18ClNO2. The van der Waals surface area contributed by atoms with Crippen LogP contribution in [0.5, 0.6) is 11.5 Å². The van der Waals surface area contributed by atoms with E-state index in [9.17, 15) is 0 Å². The number of hydrogen-bond donors (Lipinski definition) is 1. The van der Waals surface area contributed by atoms with Crippen molar-refractivity contribution in [2.45, 2.75) is 13.0 Å².